The highest BCUT2D eigenvalue weighted by atomic mass is 19.1. The summed E-state index contributed by atoms with van der Waals surface area (Å²) in [5.74, 6) is 0.275. The molecule has 0 aliphatic rings. The Labute approximate surface area is 120 Å². The lowest BCUT2D eigenvalue weighted by Crippen LogP contribution is -1.99. The van der Waals surface area contributed by atoms with E-state index in [2.05, 4.69) is 0 Å². The Bertz CT molecular complexity index is 852. The second-order valence-electron chi connectivity index (χ2n) is 4.83. The summed E-state index contributed by atoms with van der Waals surface area (Å²) in [7, 11) is 0. The lowest BCUT2D eigenvalue weighted by atomic mass is 10.1. The molecule has 0 aliphatic heterocycles. The number of ether oxygens (including phenoxy) is 1. The van der Waals surface area contributed by atoms with Crippen molar-refractivity contribution in [3.05, 3.63) is 75.9 Å². The summed E-state index contributed by atoms with van der Waals surface area (Å²) < 4.78 is 23.8. The third-order valence-corrected chi connectivity index (χ3v) is 3.22. The molecule has 0 spiro atoms. The summed E-state index contributed by atoms with van der Waals surface area (Å²) >= 11 is 0. The van der Waals surface area contributed by atoms with Crippen LogP contribution in [0.2, 0.25) is 0 Å². The molecular weight excluding hydrogens is 271 g/mol. The van der Waals surface area contributed by atoms with Gasteiger partial charge in [-0.15, -0.1) is 0 Å². The molecule has 3 aromatic rings. The first-order valence-electron chi connectivity index (χ1n) is 6.53. The van der Waals surface area contributed by atoms with Gasteiger partial charge in [-0.25, -0.2) is 9.18 Å². The van der Waals surface area contributed by atoms with Crippen LogP contribution in [0.25, 0.3) is 11.0 Å². The SMILES string of the molecule is Cc1cc(=O)oc2cc(OCc3cccc(F)c3)ccc12. The quantitative estimate of drug-likeness (QED) is 0.686. The number of aryl methyl sites for hydroxylation is 1. The van der Waals surface area contributed by atoms with Gasteiger partial charge in [0.2, 0.25) is 0 Å². The van der Waals surface area contributed by atoms with Crippen LogP contribution < -0.4 is 10.4 Å². The standard InChI is InChI=1S/C17H13FO3/c1-11-7-17(19)21-16-9-14(5-6-15(11)16)20-10-12-3-2-4-13(18)8-12/h2-9H,10H2,1H3. The van der Waals surface area contributed by atoms with E-state index in [1.807, 2.05) is 13.0 Å². The van der Waals surface area contributed by atoms with Crippen molar-refractivity contribution >= 4 is 11.0 Å². The van der Waals surface area contributed by atoms with Gasteiger partial charge in [0.1, 0.15) is 23.8 Å². The summed E-state index contributed by atoms with van der Waals surface area (Å²) in [5.41, 5.74) is 1.69. The molecule has 3 rings (SSSR count). The molecule has 0 aliphatic carbocycles. The fraction of sp³-hybridized carbons (Fsp3) is 0.118. The molecule has 0 saturated carbocycles. The molecule has 0 radical (unpaired) electrons. The zero-order chi connectivity index (χ0) is 14.8. The van der Waals surface area contributed by atoms with E-state index in [1.54, 1.807) is 24.3 Å². The highest BCUT2D eigenvalue weighted by Crippen LogP contribution is 2.22. The van der Waals surface area contributed by atoms with Gasteiger partial charge in [0, 0.05) is 17.5 Å². The summed E-state index contributed by atoms with van der Waals surface area (Å²) in [5, 5.41) is 0.868. The van der Waals surface area contributed by atoms with Gasteiger partial charge in [0.05, 0.1) is 0 Å². The average Bonchev–Trinajstić information content (AvgIpc) is 2.44. The lowest BCUT2D eigenvalue weighted by molar-refractivity contribution is 0.305. The predicted molar refractivity (Wildman–Crippen MR) is 78.0 cm³/mol. The van der Waals surface area contributed by atoms with Crippen molar-refractivity contribution in [1.29, 1.82) is 0 Å². The first-order chi connectivity index (χ1) is 10.1. The van der Waals surface area contributed by atoms with Crippen molar-refractivity contribution in [2.24, 2.45) is 0 Å². The van der Waals surface area contributed by atoms with Gasteiger partial charge in [-0.05, 0) is 42.3 Å². The molecule has 21 heavy (non-hydrogen) atoms. The maximum atomic E-state index is 13.1. The molecule has 0 bridgehead atoms. The van der Waals surface area contributed by atoms with Gasteiger partial charge in [-0.2, -0.15) is 0 Å². The Morgan fingerprint density at radius 1 is 1.14 bits per heavy atom. The Morgan fingerprint density at radius 2 is 2.00 bits per heavy atom. The summed E-state index contributed by atoms with van der Waals surface area (Å²) in [4.78, 5) is 11.4. The Hall–Kier alpha value is -2.62. The van der Waals surface area contributed by atoms with Gasteiger partial charge < -0.3 is 9.15 Å². The minimum atomic E-state index is -0.387. The number of rotatable bonds is 3. The molecule has 3 nitrogen and oxygen atoms in total. The molecule has 4 heteroatoms. The van der Waals surface area contributed by atoms with Crippen LogP contribution in [0, 0.1) is 12.7 Å². The van der Waals surface area contributed by atoms with Crippen molar-refractivity contribution in [3.63, 3.8) is 0 Å². The molecule has 0 unspecified atom stereocenters. The third kappa shape index (κ3) is 2.94. The van der Waals surface area contributed by atoms with Crippen LogP contribution in [0.1, 0.15) is 11.1 Å². The molecule has 2 aromatic carbocycles. The van der Waals surface area contributed by atoms with Crippen LogP contribution in [0.3, 0.4) is 0 Å². The van der Waals surface area contributed by atoms with Crippen molar-refractivity contribution in [2.45, 2.75) is 13.5 Å². The Kier molecular flexibility index (Phi) is 3.44. The normalized spacial score (nSPS) is 10.8. The summed E-state index contributed by atoms with van der Waals surface area (Å²) in [6.45, 7) is 2.10. The van der Waals surface area contributed by atoms with Gasteiger partial charge in [-0.3, -0.25) is 0 Å². The molecular formula is C17H13FO3. The van der Waals surface area contributed by atoms with E-state index in [9.17, 15) is 9.18 Å². The van der Waals surface area contributed by atoms with Gasteiger partial charge in [0.15, 0.2) is 0 Å². The maximum Gasteiger partial charge on any atom is 0.336 e. The minimum absolute atomic E-state index is 0.249. The Morgan fingerprint density at radius 3 is 2.81 bits per heavy atom. The van der Waals surface area contributed by atoms with Crippen LogP contribution >= 0.6 is 0 Å². The van der Waals surface area contributed by atoms with E-state index >= 15 is 0 Å². The van der Waals surface area contributed by atoms with Crippen LogP contribution in [0.15, 0.2) is 57.7 Å². The van der Waals surface area contributed by atoms with Crippen molar-refractivity contribution in [1.82, 2.24) is 0 Å². The lowest BCUT2D eigenvalue weighted by Gasteiger charge is -2.07. The third-order valence-electron chi connectivity index (χ3n) is 3.22. The van der Waals surface area contributed by atoms with Gasteiger partial charge in [-0.1, -0.05) is 12.1 Å². The zero-order valence-electron chi connectivity index (χ0n) is 11.4. The number of hydrogen-bond acceptors (Lipinski definition) is 3. The van der Waals surface area contributed by atoms with Crippen LogP contribution in [-0.2, 0) is 6.61 Å². The van der Waals surface area contributed by atoms with Crippen molar-refractivity contribution < 1.29 is 13.5 Å². The smallest absolute Gasteiger partial charge is 0.336 e. The highest BCUT2D eigenvalue weighted by molar-refractivity contribution is 5.81. The second-order valence-corrected chi connectivity index (χ2v) is 4.83. The van der Waals surface area contributed by atoms with E-state index in [0.717, 1.165) is 16.5 Å². The monoisotopic (exact) mass is 284 g/mol. The van der Waals surface area contributed by atoms with Crippen LogP contribution in [0.4, 0.5) is 4.39 Å². The highest BCUT2D eigenvalue weighted by Gasteiger charge is 2.04. The fourth-order valence-corrected chi connectivity index (χ4v) is 2.19. The van der Waals surface area contributed by atoms with Crippen molar-refractivity contribution in [2.75, 3.05) is 0 Å². The number of halogens is 1. The molecule has 0 fully saturated rings. The van der Waals surface area contributed by atoms with Gasteiger partial charge >= 0.3 is 5.63 Å². The first kappa shape index (κ1) is 13.4. The molecule has 0 amide bonds. The molecule has 106 valence electrons. The zero-order valence-corrected chi connectivity index (χ0v) is 11.4. The molecule has 1 aromatic heterocycles. The summed E-state index contributed by atoms with van der Waals surface area (Å²) in [6, 6.07) is 13.0. The topological polar surface area (TPSA) is 39.4 Å². The number of benzene rings is 2. The Balaban J connectivity index is 1.86. The maximum absolute atomic E-state index is 13.1. The number of hydrogen-bond donors (Lipinski definition) is 0. The average molecular weight is 284 g/mol. The van der Waals surface area contributed by atoms with Gasteiger partial charge in [0.25, 0.3) is 0 Å². The van der Waals surface area contributed by atoms with E-state index < -0.39 is 0 Å². The fourth-order valence-electron chi connectivity index (χ4n) is 2.19. The predicted octanol–water partition coefficient (Wildman–Crippen LogP) is 3.82. The van der Waals surface area contributed by atoms with E-state index in [4.69, 9.17) is 9.15 Å². The number of fused-ring (bicyclic) bond motifs is 1. The molecule has 0 saturated heterocycles. The molecule has 0 N–H and O–H groups in total. The van der Waals surface area contributed by atoms with E-state index in [-0.39, 0.29) is 18.0 Å². The second kappa shape index (κ2) is 5.40. The van der Waals surface area contributed by atoms with Crippen molar-refractivity contribution in [3.8, 4) is 5.75 Å². The van der Waals surface area contributed by atoms with E-state index in [0.29, 0.717) is 11.3 Å². The molecule has 0 atom stereocenters. The van der Waals surface area contributed by atoms with Crippen LogP contribution in [-0.4, -0.2) is 0 Å². The minimum Gasteiger partial charge on any atom is -0.489 e. The largest absolute Gasteiger partial charge is 0.489 e. The van der Waals surface area contributed by atoms with Crippen LogP contribution in [0.5, 0.6) is 5.75 Å². The van der Waals surface area contributed by atoms with E-state index in [1.165, 1.54) is 18.2 Å². The molecule has 1 heterocycles. The first-order valence-corrected chi connectivity index (χ1v) is 6.53. The summed E-state index contributed by atoms with van der Waals surface area (Å²) in [6.07, 6.45) is 0.